The first-order valence-electron chi connectivity index (χ1n) is 7.23. The Bertz CT molecular complexity index is 729. The van der Waals surface area contributed by atoms with E-state index < -0.39 is 0 Å². The fraction of sp³-hybridized carbons (Fsp3) is 0.222. The van der Waals surface area contributed by atoms with Gasteiger partial charge in [-0.3, -0.25) is 4.79 Å². The number of nitrogens with zero attached hydrogens (tertiary/aromatic N) is 1. The molecule has 0 saturated carbocycles. The quantitative estimate of drug-likeness (QED) is 0.882. The molecule has 0 aliphatic carbocycles. The third-order valence-corrected chi connectivity index (χ3v) is 3.43. The van der Waals surface area contributed by atoms with Crippen LogP contribution < -0.4 is 19.5 Å². The standard InChI is InChI=1S/C18H20N2O4/c1-11(13-6-7-17(19-10-13)20-12(2)21)14-8-15(22-3)18(24-5)16(9-14)23-4/h6-10H,1H2,2-5H3,(H,19,20,21). The zero-order valence-corrected chi connectivity index (χ0v) is 14.2. The van der Waals surface area contributed by atoms with Gasteiger partial charge in [-0.05, 0) is 35.4 Å². The maximum absolute atomic E-state index is 11.0. The number of hydrogen-bond acceptors (Lipinski definition) is 5. The number of benzene rings is 1. The number of pyridine rings is 1. The molecule has 0 radical (unpaired) electrons. The lowest BCUT2D eigenvalue weighted by atomic mass is 10.00. The van der Waals surface area contributed by atoms with Crippen LogP contribution >= 0.6 is 0 Å². The summed E-state index contributed by atoms with van der Waals surface area (Å²) in [6.07, 6.45) is 1.65. The Balaban J connectivity index is 2.37. The maximum Gasteiger partial charge on any atom is 0.222 e. The van der Waals surface area contributed by atoms with Gasteiger partial charge in [-0.25, -0.2) is 4.98 Å². The number of aromatic nitrogens is 1. The van der Waals surface area contributed by atoms with Crippen molar-refractivity contribution in [2.45, 2.75) is 6.92 Å². The molecule has 0 saturated heterocycles. The highest BCUT2D eigenvalue weighted by molar-refractivity contribution is 5.88. The SMILES string of the molecule is C=C(c1ccc(NC(C)=O)nc1)c1cc(OC)c(OC)c(OC)c1. The number of amides is 1. The van der Waals surface area contributed by atoms with Gasteiger partial charge in [0.2, 0.25) is 11.7 Å². The molecule has 0 unspecified atom stereocenters. The fourth-order valence-corrected chi connectivity index (χ4v) is 2.25. The van der Waals surface area contributed by atoms with Gasteiger partial charge in [0, 0.05) is 18.7 Å². The molecule has 2 rings (SSSR count). The number of methoxy groups -OCH3 is 3. The van der Waals surface area contributed by atoms with Crippen LogP contribution in [0.1, 0.15) is 18.1 Å². The molecule has 1 N–H and O–H groups in total. The van der Waals surface area contributed by atoms with E-state index in [1.165, 1.54) is 6.92 Å². The monoisotopic (exact) mass is 328 g/mol. The third-order valence-electron chi connectivity index (χ3n) is 3.43. The molecule has 1 aromatic carbocycles. The van der Waals surface area contributed by atoms with Crippen LogP contribution in [0.5, 0.6) is 17.2 Å². The molecule has 0 aliphatic heterocycles. The van der Waals surface area contributed by atoms with Crippen molar-refractivity contribution in [2.24, 2.45) is 0 Å². The summed E-state index contributed by atoms with van der Waals surface area (Å²) in [6.45, 7) is 5.55. The van der Waals surface area contributed by atoms with Gasteiger partial charge in [0.05, 0.1) is 21.3 Å². The van der Waals surface area contributed by atoms with Crippen molar-refractivity contribution in [2.75, 3.05) is 26.6 Å². The van der Waals surface area contributed by atoms with E-state index >= 15 is 0 Å². The van der Waals surface area contributed by atoms with Crippen molar-refractivity contribution in [1.82, 2.24) is 4.98 Å². The number of carbonyl (C=O) groups is 1. The summed E-state index contributed by atoms with van der Waals surface area (Å²) in [6, 6.07) is 7.21. The zero-order valence-electron chi connectivity index (χ0n) is 14.2. The number of nitrogens with one attached hydrogen (secondary N) is 1. The van der Waals surface area contributed by atoms with Crippen molar-refractivity contribution in [3.63, 3.8) is 0 Å². The van der Waals surface area contributed by atoms with E-state index in [2.05, 4.69) is 16.9 Å². The number of hydrogen-bond donors (Lipinski definition) is 1. The third kappa shape index (κ3) is 3.65. The zero-order chi connectivity index (χ0) is 17.7. The smallest absolute Gasteiger partial charge is 0.222 e. The Hall–Kier alpha value is -3.02. The highest BCUT2D eigenvalue weighted by Crippen LogP contribution is 2.40. The van der Waals surface area contributed by atoms with Crippen LogP contribution in [0.15, 0.2) is 37.0 Å². The van der Waals surface area contributed by atoms with Crippen LogP contribution in [0.2, 0.25) is 0 Å². The van der Waals surface area contributed by atoms with Gasteiger partial charge in [-0.2, -0.15) is 0 Å². The normalized spacial score (nSPS) is 10.0. The maximum atomic E-state index is 11.0. The first-order valence-corrected chi connectivity index (χ1v) is 7.23. The molecule has 0 spiro atoms. The summed E-state index contributed by atoms with van der Waals surface area (Å²) in [5.74, 6) is 1.95. The largest absolute Gasteiger partial charge is 0.493 e. The molecule has 0 atom stereocenters. The van der Waals surface area contributed by atoms with Crippen LogP contribution in [0.4, 0.5) is 5.82 Å². The van der Waals surface area contributed by atoms with E-state index in [1.807, 2.05) is 18.2 Å². The molecule has 2 aromatic rings. The van der Waals surface area contributed by atoms with E-state index in [0.717, 1.165) is 16.7 Å². The van der Waals surface area contributed by atoms with Crippen molar-refractivity contribution in [1.29, 1.82) is 0 Å². The molecular formula is C18H20N2O4. The number of anilines is 1. The van der Waals surface area contributed by atoms with Crippen molar-refractivity contribution in [3.05, 3.63) is 48.2 Å². The summed E-state index contributed by atoms with van der Waals surface area (Å²) in [5, 5.41) is 2.63. The lowest BCUT2D eigenvalue weighted by molar-refractivity contribution is -0.114. The highest BCUT2D eigenvalue weighted by atomic mass is 16.5. The van der Waals surface area contributed by atoms with Gasteiger partial charge in [0.25, 0.3) is 0 Å². The van der Waals surface area contributed by atoms with Gasteiger partial charge in [0.15, 0.2) is 11.5 Å². The van der Waals surface area contributed by atoms with Gasteiger partial charge < -0.3 is 19.5 Å². The Morgan fingerprint density at radius 3 is 2.08 bits per heavy atom. The summed E-state index contributed by atoms with van der Waals surface area (Å²) in [5.41, 5.74) is 2.38. The first kappa shape index (κ1) is 17.3. The second-order valence-electron chi connectivity index (χ2n) is 5.01. The molecule has 1 heterocycles. The summed E-state index contributed by atoms with van der Waals surface area (Å²) < 4.78 is 16.0. The summed E-state index contributed by atoms with van der Waals surface area (Å²) in [7, 11) is 4.68. The fourth-order valence-electron chi connectivity index (χ4n) is 2.25. The topological polar surface area (TPSA) is 69.7 Å². The van der Waals surface area contributed by atoms with Crippen LogP contribution in [0.25, 0.3) is 5.57 Å². The molecule has 6 nitrogen and oxygen atoms in total. The van der Waals surface area contributed by atoms with E-state index in [9.17, 15) is 4.79 Å². The summed E-state index contributed by atoms with van der Waals surface area (Å²) >= 11 is 0. The average Bonchev–Trinajstić information content (AvgIpc) is 2.59. The van der Waals surface area contributed by atoms with Crippen molar-refractivity contribution < 1.29 is 19.0 Å². The van der Waals surface area contributed by atoms with E-state index in [-0.39, 0.29) is 5.91 Å². The lowest BCUT2D eigenvalue weighted by Crippen LogP contribution is -2.07. The molecule has 6 heteroatoms. The number of rotatable bonds is 6. The van der Waals surface area contributed by atoms with E-state index in [1.54, 1.807) is 33.6 Å². The number of ether oxygens (including phenoxy) is 3. The lowest BCUT2D eigenvalue weighted by Gasteiger charge is -2.15. The minimum absolute atomic E-state index is 0.168. The Kier molecular flexibility index (Phi) is 5.42. The van der Waals surface area contributed by atoms with E-state index in [4.69, 9.17) is 14.2 Å². The molecule has 0 bridgehead atoms. The van der Waals surface area contributed by atoms with Crippen molar-refractivity contribution >= 4 is 17.3 Å². The second-order valence-corrected chi connectivity index (χ2v) is 5.01. The molecule has 1 aromatic heterocycles. The van der Waals surface area contributed by atoms with Gasteiger partial charge in [-0.1, -0.05) is 6.58 Å². The molecule has 0 aliphatic rings. The predicted molar refractivity (Wildman–Crippen MR) is 92.8 cm³/mol. The van der Waals surface area contributed by atoms with Crippen LogP contribution in [-0.2, 0) is 4.79 Å². The average molecular weight is 328 g/mol. The van der Waals surface area contributed by atoms with Gasteiger partial charge in [0.1, 0.15) is 5.82 Å². The predicted octanol–water partition coefficient (Wildman–Crippen LogP) is 3.13. The van der Waals surface area contributed by atoms with Gasteiger partial charge in [-0.15, -0.1) is 0 Å². The van der Waals surface area contributed by atoms with Crippen LogP contribution in [0.3, 0.4) is 0 Å². The molecule has 0 fully saturated rings. The number of carbonyl (C=O) groups excluding carboxylic acids is 1. The Labute approximate surface area is 141 Å². The minimum Gasteiger partial charge on any atom is -0.493 e. The second kappa shape index (κ2) is 7.50. The highest BCUT2D eigenvalue weighted by Gasteiger charge is 2.15. The molecule has 126 valence electrons. The summed E-state index contributed by atoms with van der Waals surface area (Å²) in [4.78, 5) is 15.3. The molecular weight excluding hydrogens is 308 g/mol. The minimum atomic E-state index is -0.168. The van der Waals surface area contributed by atoms with Gasteiger partial charge >= 0.3 is 0 Å². The van der Waals surface area contributed by atoms with Crippen LogP contribution in [0, 0.1) is 0 Å². The first-order chi connectivity index (χ1) is 11.5. The van der Waals surface area contributed by atoms with Crippen molar-refractivity contribution in [3.8, 4) is 17.2 Å². The molecule has 24 heavy (non-hydrogen) atoms. The van der Waals surface area contributed by atoms with E-state index in [0.29, 0.717) is 23.1 Å². The van der Waals surface area contributed by atoms with Crippen LogP contribution in [-0.4, -0.2) is 32.2 Å². The Morgan fingerprint density at radius 2 is 1.67 bits per heavy atom. The Morgan fingerprint density at radius 1 is 1.04 bits per heavy atom. The molecule has 1 amide bonds.